The summed E-state index contributed by atoms with van der Waals surface area (Å²) in [6.07, 6.45) is -4.53. The average Bonchev–Trinajstić information content (AvgIpc) is 2.46. The zero-order valence-electron chi connectivity index (χ0n) is 10.9. The highest BCUT2D eigenvalue weighted by Crippen LogP contribution is 2.30. The van der Waals surface area contributed by atoms with E-state index in [4.69, 9.17) is 5.26 Å². The minimum Gasteiger partial charge on any atom is -0.322 e. The quantitative estimate of drug-likeness (QED) is 0.854. The lowest BCUT2D eigenvalue weighted by Gasteiger charge is -2.10. The molecule has 0 unspecified atom stereocenters. The van der Waals surface area contributed by atoms with Crippen molar-refractivity contribution in [1.82, 2.24) is 0 Å². The van der Waals surface area contributed by atoms with Gasteiger partial charge in [0.05, 0.1) is 17.2 Å². The van der Waals surface area contributed by atoms with Crippen LogP contribution in [0, 0.1) is 17.1 Å². The Bertz CT molecular complexity index is 763. The molecule has 112 valence electrons. The van der Waals surface area contributed by atoms with Crippen molar-refractivity contribution in [3.8, 4) is 6.07 Å². The van der Waals surface area contributed by atoms with Gasteiger partial charge >= 0.3 is 6.18 Å². The molecule has 7 heteroatoms. The molecule has 0 radical (unpaired) electrons. The van der Waals surface area contributed by atoms with Crippen molar-refractivity contribution < 1.29 is 22.4 Å². The van der Waals surface area contributed by atoms with E-state index in [0.29, 0.717) is 0 Å². The topological polar surface area (TPSA) is 52.9 Å². The number of hydrogen-bond donors (Lipinski definition) is 1. The van der Waals surface area contributed by atoms with Crippen molar-refractivity contribution >= 4 is 11.6 Å². The second-order valence-corrected chi connectivity index (χ2v) is 4.37. The molecule has 22 heavy (non-hydrogen) atoms. The fourth-order valence-corrected chi connectivity index (χ4v) is 1.76. The lowest BCUT2D eigenvalue weighted by molar-refractivity contribution is -0.137. The molecule has 2 aromatic rings. The van der Waals surface area contributed by atoms with Crippen molar-refractivity contribution in [1.29, 1.82) is 5.26 Å². The first kappa shape index (κ1) is 15.5. The first-order chi connectivity index (χ1) is 10.3. The van der Waals surface area contributed by atoms with E-state index in [1.165, 1.54) is 6.07 Å². The van der Waals surface area contributed by atoms with Gasteiger partial charge in [0.15, 0.2) is 0 Å². The summed E-state index contributed by atoms with van der Waals surface area (Å²) < 4.78 is 51.0. The molecule has 0 spiro atoms. The van der Waals surface area contributed by atoms with Crippen LogP contribution in [0.25, 0.3) is 0 Å². The molecule has 0 saturated heterocycles. The monoisotopic (exact) mass is 308 g/mol. The Morgan fingerprint density at radius 1 is 1.14 bits per heavy atom. The lowest BCUT2D eigenvalue weighted by Crippen LogP contribution is -2.13. The van der Waals surface area contributed by atoms with E-state index in [2.05, 4.69) is 5.32 Å². The maximum Gasteiger partial charge on any atom is 0.416 e. The summed E-state index contributed by atoms with van der Waals surface area (Å²) in [5, 5.41) is 10.9. The molecule has 0 saturated carbocycles. The van der Waals surface area contributed by atoms with Gasteiger partial charge in [-0.05, 0) is 36.4 Å². The molecule has 2 aromatic carbocycles. The molecule has 0 heterocycles. The molecule has 0 fully saturated rings. The number of amides is 1. The molecule has 1 N–H and O–H groups in total. The Morgan fingerprint density at radius 3 is 2.50 bits per heavy atom. The first-order valence-electron chi connectivity index (χ1n) is 5.99. The molecule has 0 bridgehead atoms. The number of rotatable bonds is 2. The summed E-state index contributed by atoms with van der Waals surface area (Å²) >= 11 is 0. The van der Waals surface area contributed by atoms with E-state index in [1.54, 1.807) is 6.07 Å². The van der Waals surface area contributed by atoms with Gasteiger partial charge in [-0.25, -0.2) is 4.39 Å². The van der Waals surface area contributed by atoms with E-state index in [1.807, 2.05) is 0 Å². The number of halogens is 4. The van der Waals surface area contributed by atoms with Gasteiger partial charge in [0, 0.05) is 11.3 Å². The van der Waals surface area contributed by atoms with Crippen LogP contribution in [0.4, 0.5) is 23.2 Å². The van der Waals surface area contributed by atoms with Crippen molar-refractivity contribution in [2.24, 2.45) is 0 Å². The minimum atomic E-state index is -4.53. The maximum atomic E-state index is 13.3. The Hall–Kier alpha value is -2.88. The van der Waals surface area contributed by atoms with Gasteiger partial charge in [-0.2, -0.15) is 18.4 Å². The fraction of sp³-hybridized carbons (Fsp3) is 0.0667. The molecule has 0 aliphatic rings. The van der Waals surface area contributed by atoms with E-state index in [0.717, 1.165) is 36.4 Å². The van der Waals surface area contributed by atoms with Gasteiger partial charge < -0.3 is 5.32 Å². The van der Waals surface area contributed by atoms with E-state index >= 15 is 0 Å². The standard InChI is InChI=1S/C15H8F4N2O/c16-12-5-9(8-20)4-10(6-12)14(22)21-13-3-1-2-11(7-13)15(17,18)19/h1-7H,(H,21,22). The molecular formula is C15H8F4N2O. The first-order valence-corrected chi connectivity index (χ1v) is 5.99. The summed E-state index contributed by atoms with van der Waals surface area (Å²) in [4.78, 5) is 11.9. The van der Waals surface area contributed by atoms with Crippen LogP contribution in [0.1, 0.15) is 21.5 Å². The molecule has 0 atom stereocenters. The summed E-state index contributed by atoms with van der Waals surface area (Å²) in [7, 11) is 0. The maximum absolute atomic E-state index is 13.3. The van der Waals surface area contributed by atoms with Crippen LogP contribution in [0.15, 0.2) is 42.5 Å². The highest BCUT2D eigenvalue weighted by Gasteiger charge is 2.30. The van der Waals surface area contributed by atoms with Gasteiger partial charge in [0.2, 0.25) is 0 Å². The van der Waals surface area contributed by atoms with E-state index in [-0.39, 0.29) is 16.8 Å². The number of hydrogen-bond acceptors (Lipinski definition) is 2. The SMILES string of the molecule is N#Cc1cc(F)cc(C(=O)Nc2cccc(C(F)(F)F)c2)c1. The Labute approximate surface area is 122 Å². The number of alkyl halides is 3. The lowest BCUT2D eigenvalue weighted by atomic mass is 10.1. The van der Waals surface area contributed by atoms with Gasteiger partial charge in [0.25, 0.3) is 5.91 Å². The van der Waals surface area contributed by atoms with E-state index in [9.17, 15) is 22.4 Å². The second-order valence-electron chi connectivity index (χ2n) is 4.37. The van der Waals surface area contributed by atoms with Crippen LogP contribution in [0.2, 0.25) is 0 Å². The third-order valence-electron chi connectivity index (χ3n) is 2.74. The van der Waals surface area contributed by atoms with Crippen LogP contribution in [-0.2, 0) is 6.18 Å². The highest BCUT2D eigenvalue weighted by atomic mass is 19.4. The number of nitrogens with zero attached hydrogens (tertiary/aromatic N) is 1. The number of carbonyl (C=O) groups excluding carboxylic acids is 1. The van der Waals surface area contributed by atoms with Crippen LogP contribution in [0.5, 0.6) is 0 Å². The van der Waals surface area contributed by atoms with Gasteiger partial charge in [-0.3, -0.25) is 4.79 Å². The van der Waals surface area contributed by atoms with Crippen LogP contribution in [-0.4, -0.2) is 5.91 Å². The summed E-state index contributed by atoms with van der Waals surface area (Å²) in [6, 6.07) is 8.72. The fourth-order valence-electron chi connectivity index (χ4n) is 1.76. The molecule has 1 amide bonds. The van der Waals surface area contributed by atoms with Crippen molar-refractivity contribution in [3.05, 3.63) is 65.0 Å². The zero-order valence-corrected chi connectivity index (χ0v) is 10.9. The Morgan fingerprint density at radius 2 is 1.86 bits per heavy atom. The Balaban J connectivity index is 2.26. The minimum absolute atomic E-state index is 0.0609. The molecule has 0 aliphatic carbocycles. The molecule has 0 aliphatic heterocycles. The van der Waals surface area contributed by atoms with Crippen LogP contribution in [0.3, 0.4) is 0 Å². The van der Waals surface area contributed by atoms with Gasteiger partial charge in [-0.1, -0.05) is 6.07 Å². The molecule has 3 nitrogen and oxygen atoms in total. The van der Waals surface area contributed by atoms with Crippen molar-refractivity contribution in [3.63, 3.8) is 0 Å². The number of nitriles is 1. The normalized spacial score (nSPS) is 10.9. The van der Waals surface area contributed by atoms with Crippen molar-refractivity contribution in [2.45, 2.75) is 6.18 Å². The third-order valence-corrected chi connectivity index (χ3v) is 2.74. The largest absolute Gasteiger partial charge is 0.416 e. The summed E-state index contributed by atoms with van der Waals surface area (Å²) in [5.74, 6) is -1.59. The predicted octanol–water partition coefficient (Wildman–Crippen LogP) is 3.97. The number of carbonyl (C=O) groups is 1. The molecule has 2 rings (SSSR count). The summed E-state index contributed by atoms with van der Waals surface area (Å²) in [5.41, 5.74) is -1.21. The number of anilines is 1. The second kappa shape index (κ2) is 5.85. The van der Waals surface area contributed by atoms with Crippen LogP contribution < -0.4 is 5.32 Å². The van der Waals surface area contributed by atoms with Gasteiger partial charge in [-0.15, -0.1) is 0 Å². The number of nitrogens with one attached hydrogen (secondary N) is 1. The van der Waals surface area contributed by atoms with Crippen molar-refractivity contribution in [2.75, 3.05) is 5.32 Å². The molecular weight excluding hydrogens is 300 g/mol. The molecule has 0 aromatic heterocycles. The average molecular weight is 308 g/mol. The Kier molecular flexibility index (Phi) is 4.13. The smallest absolute Gasteiger partial charge is 0.322 e. The number of benzene rings is 2. The predicted molar refractivity (Wildman–Crippen MR) is 70.5 cm³/mol. The summed E-state index contributed by atoms with van der Waals surface area (Å²) in [6.45, 7) is 0. The van der Waals surface area contributed by atoms with Gasteiger partial charge in [0.1, 0.15) is 5.82 Å². The zero-order chi connectivity index (χ0) is 16.3. The van der Waals surface area contributed by atoms with E-state index < -0.39 is 23.5 Å². The highest BCUT2D eigenvalue weighted by molar-refractivity contribution is 6.04. The van der Waals surface area contributed by atoms with Crippen LogP contribution >= 0.6 is 0 Å². The third kappa shape index (κ3) is 3.61.